The fraction of sp³-hybridized carbons (Fsp3) is 0.364. The van der Waals surface area contributed by atoms with E-state index < -0.39 is 5.41 Å². The molecule has 0 saturated heterocycles. The van der Waals surface area contributed by atoms with Crippen LogP contribution in [0.25, 0.3) is 0 Å². The van der Waals surface area contributed by atoms with Gasteiger partial charge in [0, 0.05) is 17.3 Å². The Labute approximate surface area is 158 Å². The molecule has 2 saturated carbocycles. The van der Waals surface area contributed by atoms with E-state index in [-0.39, 0.29) is 17.6 Å². The molecular weight excluding hydrogens is 343 g/mol. The van der Waals surface area contributed by atoms with Crippen molar-refractivity contribution in [3.05, 3.63) is 65.5 Å². The van der Waals surface area contributed by atoms with Gasteiger partial charge in [-0.15, -0.1) is 0 Å². The van der Waals surface area contributed by atoms with E-state index in [9.17, 15) is 14.0 Å². The van der Waals surface area contributed by atoms with E-state index >= 15 is 0 Å². The van der Waals surface area contributed by atoms with E-state index in [2.05, 4.69) is 10.6 Å². The van der Waals surface area contributed by atoms with Crippen LogP contribution in [-0.2, 0) is 10.2 Å². The van der Waals surface area contributed by atoms with Crippen molar-refractivity contribution in [1.29, 1.82) is 0 Å². The zero-order valence-corrected chi connectivity index (χ0v) is 15.1. The third-order valence-corrected chi connectivity index (χ3v) is 5.61. The van der Waals surface area contributed by atoms with Crippen LogP contribution < -0.4 is 10.6 Å². The molecule has 2 aromatic rings. The van der Waals surface area contributed by atoms with Gasteiger partial charge in [0.15, 0.2) is 0 Å². The normalized spacial score (nSPS) is 18.1. The van der Waals surface area contributed by atoms with Crippen LogP contribution >= 0.6 is 0 Å². The molecule has 4 nitrogen and oxygen atoms in total. The lowest BCUT2D eigenvalue weighted by atomic mass is 9.78. The molecule has 2 fully saturated rings. The summed E-state index contributed by atoms with van der Waals surface area (Å²) in [6, 6.07) is 13.5. The average molecular weight is 366 g/mol. The molecule has 2 N–H and O–H groups in total. The second-order valence-electron chi connectivity index (χ2n) is 7.58. The molecule has 2 amide bonds. The van der Waals surface area contributed by atoms with Gasteiger partial charge < -0.3 is 10.6 Å². The summed E-state index contributed by atoms with van der Waals surface area (Å²) in [6.07, 6.45) is 5.56. The lowest BCUT2D eigenvalue weighted by Gasteiger charge is -2.28. The average Bonchev–Trinajstić information content (AvgIpc) is 3.34. The van der Waals surface area contributed by atoms with E-state index in [4.69, 9.17) is 0 Å². The molecule has 2 aliphatic carbocycles. The highest BCUT2D eigenvalue weighted by Crippen LogP contribution is 2.42. The van der Waals surface area contributed by atoms with Crippen LogP contribution in [0.1, 0.15) is 54.4 Å². The van der Waals surface area contributed by atoms with E-state index in [1.54, 1.807) is 36.4 Å². The Morgan fingerprint density at radius 2 is 1.56 bits per heavy atom. The molecule has 0 heterocycles. The molecule has 0 atom stereocenters. The summed E-state index contributed by atoms with van der Waals surface area (Å²) < 4.78 is 13.3. The summed E-state index contributed by atoms with van der Waals surface area (Å²) in [5.41, 5.74) is 1.50. The van der Waals surface area contributed by atoms with Crippen molar-refractivity contribution < 1.29 is 14.0 Å². The van der Waals surface area contributed by atoms with Gasteiger partial charge in [-0.3, -0.25) is 9.59 Å². The van der Waals surface area contributed by atoms with Crippen molar-refractivity contribution in [3.8, 4) is 0 Å². The Balaban J connectivity index is 1.49. The third kappa shape index (κ3) is 3.72. The number of hydrogen-bond acceptors (Lipinski definition) is 2. The lowest BCUT2D eigenvalue weighted by molar-refractivity contribution is -0.121. The van der Waals surface area contributed by atoms with E-state index in [0.717, 1.165) is 44.1 Å². The maximum atomic E-state index is 13.3. The fourth-order valence-electron chi connectivity index (χ4n) is 3.85. The highest BCUT2D eigenvalue weighted by atomic mass is 19.1. The molecule has 27 heavy (non-hydrogen) atoms. The van der Waals surface area contributed by atoms with Gasteiger partial charge in [-0.1, -0.05) is 25.0 Å². The second-order valence-corrected chi connectivity index (χ2v) is 7.58. The van der Waals surface area contributed by atoms with Crippen LogP contribution in [0.3, 0.4) is 0 Å². The number of anilines is 1. The molecule has 0 aliphatic heterocycles. The van der Waals surface area contributed by atoms with Gasteiger partial charge in [-0.05, 0) is 67.6 Å². The number of carbonyl (C=O) groups is 2. The lowest BCUT2D eigenvalue weighted by Crippen LogP contribution is -2.38. The molecule has 0 aromatic heterocycles. The molecule has 140 valence electrons. The number of halogens is 1. The van der Waals surface area contributed by atoms with E-state index in [1.807, 2.05) is 0 Å². The quantitative estimate of drug-likeness (QED) is 0.834. The van der Waals surface area contributed by atoms with Crippen molar-refractivity contribution >= 4 is 17.5 Å². The number of nitrogens with one attached hydrogen (secondary N) is 2. The number of rotatable bonds is 5. The van der Waals surface area contributed by atoms with Crippen LogP contribution in [0.5, 0.6) is 0 Å². The number of carbonyl (C=O) groups excluding carboxylic acids is 2. The van der Waals surface area contributed by atoms with E-state index in [0.29, 0.717) is 17.3 Å². The third-order valence-electron chi connectivity index (χ3n) is 5.61. The minimum absolute atomic E-state index is 0.0678. The zero-order valence-electron chi connectivity index (χ0n) is 15.1. The maximum absolute atomic E-state index is 13.3. The number of benzene rings is 2. The van der Waals surface area contributed by atoms with Crippen LogP contribution in [0.15, 0.2) is 48.5 Å². The summed E-state index contributed by atoms with van der Waals surface area (Å²) >= 11 is 0. The zero-order chi connectivity index (χ0) is 18.9. The van der Waals surface area contributed by atoms with Crippen LogP contribution in [-0.4, -0.2) is 17.9 Å². The standard InChI is InChI=1S/C22H23FN2O2/c23-17-7-5-16(6-8-17)22(13-1-2-14-22)21(27)25-19-9-3-15(4-10-19)20(26)24-18-11-12-18/h3-10,18H,1-2,11-14H2,(H,24,26)(H,25,27). The molecule has 0 spiro atoms. The Morgan fingerprint density at radius 1 is 0.926 bits per heavy atom. The van der Waals surface area contributed by atoms with Gasteiger partial charge in [0.25, 0.3) is 5.91 Å². The number of hydrogen-bond donors (Lipinski definition) is 2. The van der Waals surface area contributed by atoms with Gasteiger partial charge >= 0.3 is 0 Å². The molecule has 0 radical (unpaired) electrons. The van der Waals surface area contributed by atoms with Crippen molar-refractivity contribution in [2.45, 2.75) is 50.0 Å². The van der Waals surface area contributed by atoms with Gasteiger partial charge in [-0.2, -0.15) is 0 Å². The van der Waals surface area contributed by atoms with Crippen molar-refractivity contribution in [1.82, 2.24) is 5.32 Å². The molecule has 4 rings (SSSR count). The Hall–Kier alpha value is -2.69. The molecular formula is C22H23FN2O2. The SMILES string of the molecule is O=C(NC1CC1)c1ccc(NC(=O)C2(c3ccc(F)cc3)CCCC2)cc1. The summed E-state index contributed by atoms with van der Waals surface area (Å²) in [5, 5.41) is 5.94. The largest absolute Gasteiger partial charge is 0.349 e. The summed E-state index contributed by atoms with van der Waals surface area (Å²) in [5.74, 6) is -0.442. The first-order chi connectivity index (χ1) is 13.1. The van der Waals surface area contributed by atoms with Crippen LogP contribution in [0, 0.1) is 5.82 Å². The Bertz CT molecular complexity index is 836. The number of amides is 2. The van der Waals surface area contributed by atoms with Gasteiger partial charge in [-0.25, -0.2) is 4.39 Å². The predicted octanol–water partition coefficient (Wildman–Crippen LogP) is 4.17. The van der Waals surface area contributed by atoms with Crippen molar-refractivity contribution in [2.75, 3.05) is 5.32 Å². The molecule has 2 aliphatic rings. The fourth-order valence-corrected chi connectivity index (χ4v) is 3.85. The maximum Gasteiger partial charge on any atom is 0.251 e. The smallest absolute Gasteiger partial charge is 0.251 e. The monoisotopic (exact) mass is 366 g/mol. The first kappa shape index (κ1) is 17.7. The van der Waals surface area contributed by atoms with Crippen LogP contribution in [0.2, 0.25) is 0 Å². The van der Waals surface area contributed by atoms with Crippen molar-refractivity contribution in [3.63, 3.8) is 0 Å². The summed E-state index contributed by atoms with van der Waals surface area (Å²) in [6.45, 7) is 0. The topological polar surface area (TPSA) is 58.2 Å². The first-order valence-corrected chi connectivity index (χ1v) is 9.55. The van der Waals surface area contributed by atoms with Gasteiger partial charge in [0.05, 0.1) is 5.41 Å². The van der Waals surface area contributed by atoms with Crippen molar-refractivity contribution in [2.24, 2.45) is 0 Å². The second kappa shape index (κ2) is 7.14. The molecule has 0 unspecified atom stereocenters. The minimum Gasteiger partial charge on any atom is -0.349 e. The first-order valence-electron chi connectivity index (χ1n) is 9.55. The van der Waals surface area contributed by atoms with Gasteiger partial charge in [0.1, 0.15) is 5.82 Å². The minimum atomic E-state index is -0.615. The molecule has 0 bridgehead atoms. The van der Waals surface area contributed by atoms with Gasteiger partial charge in [0.2, 0.25) is 5.91 Å². The van der Waals surface area contributed by atoms with E-state index in [1.165, 1.54) is 12.1 Å². The summed E-state index contributed by atoms with van der Waals surface area (Å²) in [4.78, 5) is 25.2. The highest BCUT2D eigenvalue weighted by Gasteiger charge is 2.42. The molecule has 2 aromatic carbocycles. The van der Waals surface area contributed by atoms with Crippen LogP contribution in [0.4, 0.5) is 10.1 Å². The Kier molecular flexibility index (Phi) is 4.68. The highest BCUT2D eigenvalue weighted by molar-refractivity contribution is 6.00. The summed E-state index contributed by atoms with van der Waals surface area (Å²) in [7, 11) is 0. The predicted molar refractivity (Wildman–Crippen MR) is 102 cm³/mol. The Morgan fingerprint density at radius 3 is 2.15 bits per heavy atom. The molecule has 5 heteroatoms.